The molecule has 0 radical (unpaired) electrons. The molecule has 1 N–H and O–H groups in total. The van der Waals surface area contributed by atoms with Crippen LogP contribution >= 0.6 is 15.9 Å². The van der Waals surface area contributed by atoms with Crippen LogP contribution in [0.5, 0.6) is 0 Å². The van der Waals surface area contributed by atoms with E-state index in [1.54, 1.807) is 6.07 Å². The lowest BCUT2D eigenvalue weighted by Gasteiger charge is -2.07. The molecule has 1 aromatic heterocycles. The Morgan fingerprint density at radius 1 is 1.32 bits per heavy atom. The minimum atomic E-state index is -0.903. The molecule has 1 heterocycles. The van der Waals surface area contributed by atoms with Crippen LogP contribution in [0.15, 0.2) is 35.1 Å². The fourth-order valence-corrected chi connectivity index (χ4v) is 1.72. The van der Waals surface area contributed by atoms with Crippen molar-refractivity contribution in [2.24, 2.45) is 0 Å². The maximum atomic E-state index is 13.4. The highest BCUT2D eigenvalue weighted by Crippen LogP contribution is 2.18. The molecule has 0 atom stereocenters. The van der Waals surface area contributed by atoms with Crippen molar-refractivity contribution >= 4 is 27.5 Å². The number of nitrogens with one attached hydrogen (secondary N) is 1. The highest BCUT2D eigenvalue weighted by Gasteiger charge is 2.13. The van der Waals surface area contributed by atoms with Crippen LogP contribution in [0.4, 0.5) is 14.5 Å². The van der Waals surface area contributed by atoms with Gasteiger partial charge >= 0.3 is 0 Å². The molecule has 1 amide bonds. The molecular weight excluding hydrogens is 318 g/mol. The molecule has 0 aliphatic rings. The number of hydrogen-bond donors (Lipinski definition) is 1. The maximum absolute atomic E-state index is 13.4. The number of halogens is 3. The zero-order valence-corrected chi connectivity index (χ0v) is 11.5. The Bertz CT molecular complexity index is 647. The summed E-state index contributed by atoms with van der Waals surface area (Å²) >= 11 is 3.23. The summed E-state index contributed by atoms with van der Waals surface area (Å²) in [6.07, 6.45) is 1.44. The number of carbonyl (C=O) groups is 1. The fraction of sp³-hybridized carbons (Fsp3) is 0.0769. The third kappa shape index (κ3) is 3.14. The predicted octanol–water partition coefficient (Wildman–Crippen LogP) is 3.68. The van der Waals surface area contributed by atoms with Crippen LogP contribution in [-0.4, -0.2) is 10.9 Å². The lowest BCUT2D eigenvalue weighted by Crippen LogP contribution is -2.14. The van der Waals surface area contributed by atoms with Crippen LogP contribution in [0, 0.1) is 18.6 Å². The van der Waals surface area contributed by atoms with E-state index in [9.17, 15) is 13.6 Å². The van der Waals surface area contributed by atoms with Crippen molar-refractivity contribution < 1.29 is 13.6 Å². The number of benzene rings is 1. The van der Waals surface area contributed by atoms with Gasteiger partial charge in [-0.25, -0.2) is 13.8 Å². The molecule has 98 valence electrons. The quantitative estimate of drug-likeness (QED) is 0.855. The van der Waals surface area contributed by atoms with E-state index in [1.165, 1.54) is 6.20 Å². The van der Waals surface area contributed by atoms with Crippen LogP contribution in [0.3, 0.4) is 0 Å². The molecule has 3 nitrogen and oxygen atoms in total. The first-order valence-electron chi connectivity index (χ1n) is 5.36. The minimum Gasteiger partial charge on any atom is -0.320 e. The van der Waals surface area contributed by atoms with Crippen LogP contribution in [-0.2, 0) is 0 Å². The summed E-state index contributed by atoms with van der Waals surface area (Å²) in [6, 6.07) is 4.48. The minimum absolute atomic E-state index is 0.220. The molecule has 0 spiro atoms. The second-order valence-corrected chi connectivity index (χ2v) is 4.66. The van der Waals surface area contributed by atoms with Gasteiger partial charge in [0, 0.05) is 6.07 Å². The van der Waals surface area contributed by atoms with E-state index in [-0.39, 0.29) is 5.56 Å². The van der Waals surface area contributed by atoms with Gasteiger partial charge in [0.1, 0.15) is 16.2 Å². The van der Waals surface area contributed by atoms with Crippen LogP contribution in [0.1, 0.15) is 15.9 Å². The van der Waals surface area contributed by atoms with Gasteiger partial charge in [-0.2, -0.15) is 0 Å². The highest BCUT2D eigenvalue weighted by atomic mass is 79.9. The molecule has 0 aliphatic heterocycles. The van der Waals surface area contributed by atoms with Gasteiger partial charge in [-0.1, -0.05) is 0 Å². The molecular formula is C13H9BrF2N2O. The summed E-state index contributed by atoms with van der Waals surface area (Å²) < 4.78 is 26.8. The zero-order valence-electron chi connectivity index (χ0n) is 9.88. The lowest BCUT2D eigenvalue weighted by molar-refractivity contribution is 0.102. The van der Waals surface area contributed by atoms with E-state index in [2.05, 4.69) is 26.2 Å². The van der Waals surface area contributed by atoms with Gasteiger partial charge in [-0.15, -0.1) is 0 Å². The van der Waals surface area contributed by atoms with Crippen LogP contribution in [0.25, 0.3) is 0 Å². The number of hydrogen-bond acceptors (Lipinski definition) is 2. The average Bonchev–Trinajstić information content (AvgIpc) is 2.33. The van der Waals surface area contributed by atoms with Crippen molar-refractivity contribution in [2.45, 2.75) is 6.92 Å². The van der Waals surface area contributed by atoms with Gasteiger partial charge < -0.3 is 5.32 Å². The summed E-state index contributed by atoms with van der Waals surface area (Å²) in [6.45, 7) is 1.81. The first kappa shape index (κ1) is 13.6. The van der Waals surface area contributed by atoms with Crippen molar-refractivity contribution in [3.63, 3.8) is 0 Å². The molecule has 1 aromatic carbocycles. The molecule has 6 heteroatoms. The molecule has 2 aromatic rings. The summed E-state index contributed by atoms with van der Waals surface area (Å²) in [7, 11) is 0. The number of aromatic nitrogens is 1. The van der Waals surface area contributed by atoms with Gasteiger partial charge in [-0.05, 0) is 46.6 Å². The number of amides is 1. The van der Waals surface area contributed by atoms with Gasteiger partial charge in [-0.3, -0.25) is 4.79 Å². The third-order valence-electron chi connectivity index (χ3n) is 2.45. The van der Waals surface area contributed by atoms with E-state index >= 15 is 0 Å². The van der Waals surface area contributed by atoms with Crippen molar-refractivity contribution in [2.75, 3.05) is 5.32 Å². The fourth-order valence-electron chi connectivity index (χ4n) is 1.50. The van der Waals surface area contributed by atoms with Gasteiger partial charge in [0.05, 0.1) is 17.4 Å². The molecule has 19 heavy (non-hydrogen) atoms. The average molecular weight is 327 g/mol. The van der Waals surface area contributed by atoms with E-state index in [0.717, 1.165) is 17.7 Å². The number of anilines is 1. The number of pyridine rings is 1. The Morgan fingerprint density at radius 2 is 2.05 bits per heavy atom. The van der Waals surface area contributed by atoms with E-state index < -0.39 is 17.5 Å². The van der Waals surface area contributed by atoms with Crippen molar-refractivity contribution in [1.29, 1.82) is 0 Å². The van der Waals surface area contributed by atoms with Crippen LogP contribution in [0.2, 0.25) is 0 Å². The number of nitrogens with zero attached hydrogens (tertiary/aromatic N) is 1. The van der Waals surface area contributed by atoms with Gasteiger partial charge in [0.15, 0.2) is 0 Å². The summed E-state index contributed by atoms with van der Waals surface area (Å²) in [4.78, 5) is 15.8. The molecule has 0 aliphatic carbocycles. The highest BCUT2D eigenvalue weighted by molar-refractivity contribution is 9.10. The van der Waals surface area contributed by atoms with Crippen LogP contribution < -0.4 is 5.32 Å². The largest absolute Gasteiger partial charge is 0.320 e. The number of aryl methyl sites for hydroxylation is 1. The van der Waals surface area contributed by atoms with E-state index in [1.807, 2.05) is 6.92 Å². The monoisotopic (exact) mass is 326 g/mol. The van der Waals surface area contributed by atoms with Gasteiger partial charge in [0.25, 0.3) is 5.91 Å². The second kappa shape index (κ2) is 5.44. The summed E-state index contributed by atoms with van der Waals surface area (Å²) in [5.41, 5.74) is 1.05. The third-order valence-corrected chi connectivity index (χ3v) is 3.28. The number of rotatable bonds is 2. The Labute approximate surface area is 116 Å². The molecule has 0 saturated carbocycles. The molecule has 2 rings (SSSR count). The first-order chi connectivity index (χ1) is 8.97. The topological polar surface area (TPSA) is 42.0 Å². The van der Waals surface area contributed by atoms with Crippen molar-refractivity contribution in [1.82, 2.24) is 4.98 Å². The lowest BCUT2D eigenvalue weighted by atomic mass is 10.2. The summed E-state index contributed by atoms with van der Waals surface area (Å²) in [5, 5.41) is 2.50. The van der Waals surface area contributed by atoms with Crippen molar-refractivity contribution in [3.8, 4) is 0 Å². The standard InChI is InChI=1S/C13H9BrF2N2O/c1-7-4-9(6-17-12(7)14)18-13(19)10-3-2-8(15)5-11(10)16/h2-6H,1H3,(H,18,19). The smallest absolute Gasteiger partial charge is 0.258 e. The first-order valence-corrected chi connectivity index (χ1v) is 6.15. The molecule has 0 bridgehead atoms. The van der Waals surface area contributed by atoms with Crippen molar-refractivity contribution in [3.05, 3.63) is 57.8 Å². The summed E-state index contributed by atoms with van der Waals surface area (Å²) in [5.74, 6) is -2.28. The number of carbonyl (C=O) groups excluding carboxylic acids is 1. The molecule has 0 fully saturated rings. The maximum Gasteiger partial charge on any atom is 0.258 e. The van der Waals surface area contributed by atoms with E-state index in [0.29, 0.717) is 16.4 Å². The molecule has 0 saturated heterocycles. The van der Waals surface area contributed by atoms with E-state index in [4.69, 9.17) is 0 Å². The Balaban J connectivity index is 2.23. The Morgan fingerprint density at radius 3 is 2.68 bits per heavy atom. The Hall–Kier alpha value is -1.82. The second-order valence-electron chi connectivity index (χ2n) is 3.91. The SMILES string of the molecule is Cc1cc(NC(=O)c2ccc(F)cc2F)cnc1Br. The van der Waals surface area contributed by atoms with Gasteiger partial charge in [0.2, 0.25) is 0 Å². The molecule has 0 unspecified atom stereocenters. The normalized spacial score (nSPS) is 10.3. The predicted molar refractivity (Wildman–Crippen MR) is 71.0 cm³/mol. The zero-order chi connectivity index (χ0) is 14.0. The Kier molecular flexibility index (Phi) is 3.90.